The molecule has 9 nitrogen and oxygen atoms in total. The largest absolute Gasteiger partial charge is 0.460 e. The molecule has 0 amide bonds. The molecule has 0 aliphatic heterocycles. The van der Waals surface area contributed by atoms with Gasteiger partial charge < -0.3 is 14.9 Å². The van der Waals surface area contributed by atoms with Crippen LogP contribution in [0.1, 0.15) is 24.1 Å². The quantitative estimate of drug-likeness (QED) is 0.542. The van der Waals surface area contributed by atoms with Gasteiger partial charge in [-0.25, -0.2) is 9.67 Å². The fourth-order valence-electron chi connectivity index (χ4n) is 2.98. The number of fused-ring (bicyclic) bond motifs is 1. The average Bonchev–Trinajstić information content (AvgIpc) is 3.28. The summed E-state index contributed by atoms with van der Waals surface area (Å²) in [6, 6.07) is 9.59. The highest BCUT2D eigenvalue weighted by Gasteiger charge is 2.18. The van der Waals surface area contributed by atoms with E-state index in [1.54, 1.807) is 11.8 Å². The van der Waals surface area contributed by atoms with Crippen LogP contribution in [0.4, 0.5) is 5.95 Å². The minimum Gasteiger partial charge on any atom is -0.460 e. The fourth-order valence-corrected chi connectivity index (χ4v) is 2.98. The topological polar surface area (TPSA) is 118 Å². The molecule has 1 atom stereocenters. The summed E-state index contributed by atoms with van der Waals surface area (Å²) in [7, 11) is 1.69. The molecule has 2 N–H and O–H groups in total. The predicted molar refractivity (Wildman–Crippen MR) is 103 cm³/mol. The zero-order valence-corrected chi connectivity index (χ0v) is 16.0. The fraction of sp³-hybridized carbons (Fsp3) is 0.316. The number of ether oxygens (including phenoxy) is 1. The lowest BCUT2D eigenvalue weighted by Gasteiger charge is -2.10. The van der Waals surface area contributed by atoms with E-state index in [0.29, 0.717) is 29.2 Å². The van der Waals surface area contributed by atoms with Crippen molar-refractivity contribution in [2.75, 3.05) is 12.8 Å². The Bertz CT molecular complexity index is 1120. The number of aromatic nitrogens is 6. The molecule has 0 saturated carbocycles. The Morgan fingerprint density at radius 1 is 1.14 bits per heavy atom. The summed E-state index contributed by atoms with van der Waals surface area (Å²) in [4.78, 5) is 13.3. The molecule has 0 aliphatic rings. The van der Waals surface area contributed by atoms with E-state index in [4.69, 9.17) is 14.9 Å². The average molecular weight is 379 g/mol. The number of furan rings is 1. The van der Waals surface area contributed by atoms with Gasteiger partial charge in [0.1, 0.15) is 11.5 Å². The summed E-state index contributed by atoms with van der Waals surface area (Å²) >= 11 is 0. The van der Waals surface area contributed by atoms with Crippen molar-refractivity contribution >= 4 is 17.1 Å². The van der Waals surface area contributed by atoms with E-state index in [2.05, 4.69) is 25.3 Å². The summed E-state index contributed by atoms with van der Waals surface area (Å²) < 4.78 is 12.7. The predicted octanol–water partition coefficient (Wildman–Crippen LogP) is 2.39. The highest BCUT2D eigenvalue weighted by atomic mass is 16.5. The van der Waals surface area contributed by atoms with Crippen molar-refractivity contribution in [3.05, 3.63) is 47.5 Å². The molecule has 0 fully saturated rings. The third-order valence-corrected chi connectivity index (χ3v) is 4.43. The number of pyridine rings is 1. The van der Waals surface area contributed by atoms with Crippen molar-refractivity contribution in [2.45, 2.75) is 32.9 Å². The molecular weight excluding hydrogens is 358 g/mol. The van der Waals surface area contributed by atoms with Crippen LogP contribution >= 0.6 is 0 Å². The lowest BCUT2D eigenvalue weighted by Crippen LogP contribution is -2.12. The SMILES string of the molecule is COC(C)Cc1cccc(Cn2nnc3c(-c4ccc(C)o4)nc(N)nc32)n1. The van der Waals surface area contributed by atoms with Crippen molar-refractivity contribution in [1.29, 1.82) is 0 Å². The first-order valence-corrected chi connectivity index (χ1v) is 8.94. The van der Waals surface area contributed by atoms with Gasteiger partial charge in [0.05, 0.1) is 18.3 Å². The van der Waals surface area contributed by atoms with Crippen LogP contribution in [0.2, 0.25) is 0 Å². The van der Waals surface area contributed by atoms with Crippen LogP contribution in [0.5, 0.6) is 0 Å². The van der Waals surface area contributed by atoms with Gasteiger partial charge in [0.15, 0.2) is 16.9 Å². The molecule has 4 aromatic rings. The molecule has 28 heavy (non-hydrogen) atoms. The smallest absolute Gasteiger partial charge is 0.222 e. The third kappa shape index (κ3) is 3.56. The van der Waals surface area contributed by atoms with Crippen LogP contribution in [0.3, 0.4) is 0 Å². The third-order valence-electron chi connectivity index (χ3n) is 4.43. The lowest BCUT2D eigenvalue weighted by atomic mass is 10.2. The summed E-state index contributed by atoms with van der Waals surface area (Å²) in [6.07, 6.45) is 0.835. The Morgan fingerprint density at radius 3 is 2.71 bits per heavy atom. The number of nitrogen functional groups attached to an aromatic ring is 1. The van der Waals surface area contributed by atoms with Crippen molar-refractivity contribution in [2.24, 2.45) is 0 Å². The standard InChI is InChI=1S/C19H21N7O2/c1-11-7-8-15(28-11)16-17-18(23-19(20)22-16)26(25-24-17)10-14-6-4-5-13(21-14)9-12(2)27-3/h4-8,12H,9-10H2,1-3H3,(H2,20,22,23). The van der Waals surface area contributed by atoms with Gasteiger partial charge in [-0.3, -0.25) is 4.98 Å². The number of aryl methyl sites for hydroxylation is 1. The second-order valence-electron chi connectivity index (χ2n) is 6.63. The Morgan fingerprint density at radius 2 is 1.96 bits per heavy atom. The van der Waals surface area contributed by atoms with Crippen LogP contribution in [-0.4, -0.2) is 43.2 Å². The van der Waals surface area contributed by atoms with Gasteiger partial charge in [0.2, 0.25) is 5.95 Å². The van der Waals surface area contributed by atoms with Crippen LogP contribution in [-0.2, 0) is 17.7 Å². The highest BCUT2D eigenvalue weighted by molar-refractivity contribution is 5.86. The van der Waals surface area contributed by atoms with E-state index in [0.717, 1.165) is 23.6 Å². The first-order chi connectivity index (χ1) is 13.5. The molecule has 4 heterocycles. The summed E-state index contributed by atoms with van der Waals surface area (Å²) in [5.74, 6) is 1.49. The van der Waals surface area contributed by atoms with Gasteiger partial charge in [0, 0.05) is 19.2 Å². The normalized spacial score (nSPS) is 12.5. The van der Waals surface area contributed by atoms with E-state index < -0.39 is 0 Å². The first-order valence-electron chi connectivity index (χ1n) is 8.94. The molecular formula is C19H21N7O2. The Hall–Kier alpha value is -3.33. The molecule has 4 rings (SSSR count). The van der Waals surface area contributed by atoms with E-state index in [9.17, 15) is 0 Å². The van der Waals surface area contributed by atoms with Gasteiger partial charge in [0.25, 0.3) is 0 Å². The second-order valence-corrected chi connectivity index (χ2v) is 6.63. The number of nitrogens with zero attached hydrogens (tertiary/aromatic N) is 6. The molecule has 9 heteroatoms. The molecule has 0 saturated heterocycles. The minimum atomic E-state index is 0.0989. The van der Waals surface area contributed by atoms with E-state index in [1.165, 1.54) is 0 Å². The van der Waals surface area contributed by atoms with Gasteiger partial charge >= 0.3 is 0 Å². The van der Waals surface area contributed by atoms with E-state index in [-0.39, 0.29) is 12.1 Å². The van der Waals surface area contributed by atoms with Crippen LogP contribution in [0, 0.1) is 6.92 Å². The van der Waals surface area contributed by atoms with Gasteiger partial charge in [-0.2, -0.15) is 4.98 Å². The number of nitrogens with two attached hydrogens (primary N) is 1. The number of anilines is 1. The summed E-state index contributed by atoms with van der Waals surface area (Å²) in [5, 5.41) is 8.48. The highest BCUT2D eigenvalue weighted by Crippen LogP contribution is 2.26. The van der Waals surface area contributed by atoms with Crippen molar-refractivity contribution < 1.29 is 9.15 Å². The van der Waals surface area contributed by atoms with E-state index in [1.807, 2.05) is 44.2 Å². The van der Waals surface area contributed by atoms with Gasteiger partial charge in [-0.15, -0.1) is 5.10 Å². The Kier molecular flexibility index (Phi) is 4.74. The molecule has 0 aromatic carbocycles. The summed E-state index contributed by atoms with van der Waals surface area (Å²) in [6.45, 7) is 4.29. The molecule has 1 unspecified atom stereocenters. The van der Waals surface area contributed by atoms with Crippen LogP contribution in [0.15, 0.2) is 34.7 Å². The second kappa shape index (κ2) is 7.35. The Labute approximate surface area is 161 Å². The number of rotatable bonds is 6. The van der Waals surface area contributed by atoms with Crippen molar-refractivity contribution in [1.82, 2.24) is 29.9 Å². The first kappa shape index (κ1) is 18.1. The zero-order valence-electron chi connectivity index (χ0n) is 16.0. The molecule has 0 aliphatic carbocycles. The van der Waals surface area contributed by atoms with Gasteiger partial charge in [-0.1, -0.05) is 11.3 Å². The number of hydrogen-bond donors (Lipinski definition) is 1. The molecule has 4 aromatic heterocycles. The summed E-state index contributed by atoms with van der Waals surface area (Å²) in [5.41, 5.74) is 9.32. The van der Waals surface area contributed by atoms with E-state index >= 15 is 0 Å². The van der Waals surface area contributed by atoms with Crippen LogP contribution in [0.25, 0.3) is 22.6 Å². The maximum Gasteiger partial charge on any atom is 0.222 e. The Balaban J connectivity index is 1.69. The molecule has 0 bridgehead atoms. The van der Waals surface area contributed by atoms with Crippen LogP contribution < -0.4 is 5.73 Å². The maximum absolute atomic E-state index is 5.92. The molecule has 144 valence electrons. The number of methoxy groups -OCH3 is 1. The molecule has 0 radical (unpaired) electrons. The van der Waals surface area contributed by atoms with Gasteiger partial charge in [-0.05, 0) is 38.1 Å². The lowest BCUT2D eigenvalue weighted by molar-refractivity contribution is 0.118. The molecule has 0 spiro atoms. The van der Waals surface area contributed by atoms with Crippen molar-refractivity contribution in [3.8, 4) is 11.5 Å². The van der Waals surface area contributed by atoms with Crippen molar-refractivity contribution in [3.63, 3.8) is 0 Å². The monoisotopic (exact) mass is 379 g/mol. The maximum atomic E-state index is 5.92. The zero-order chi connectivity index (χ0) is 19.7. The minimum absolute atomic E-state index is 0.0989. The number of hydrogen-bond acceptors (Lipinski definition) is 8.